The zero-order valence-electron chi connectivity index (χ0n) is 20.4. The van der Waals surface area contributed by atoms with Crippen LogP contribution >= 0.6 is 0 Å². The van der Waals surface area contributed by atoms with Gasteiger partial charge in [-0.3, -0.25) is 0 Å². The number of halogens is 3. The zero-order valence-corrected chi connectivity index (χ0v) is 20.4. The van der Waals surface area contributed by atoms with Gasteiger partial charge in [0.2, 0.25) is 0 Å². The molecule has 2 aromatic heterocycles. The molecule has 3 heterocycles. The van der Waals surface area contributed by atoms with E-state index < -0.39 is 23.4 Å². The number of fused-ring (bicyclic) bond motifs is 1. The van der Waals surface area contributed by atoms with E-state index in [1.165, 1.54) is 12.3 Å². The van der Waals surface area contributed by atoms with Gasteiger partial charge in [-0.1, -0.05) is 6.08 Å². The van der Waals surface area contributed by atoms with Crippen molar-refractivity contribution in [3.05, 3.63) is 53.6 Å². The van der Waals surface area contributed by atoms with Crippen LogP contribution in [0, 0.1) is 0 Å². The highest BCUT2D eigenvalue weighted by Crippen LogP contribution is 2.33. The number of alkyl halides is 3. The van der Waals surface area contributed by atoms with Crippen LogP contribution in [0.1, 0.15) is 57.1 Å². The second-order valence-electron chi connectivity index (χ2n) is 9.64. The number of hydrogen-bond donors (Lipinski definition) is 2. The number of rotatable bonds is 4. The number of nitrogens with zero attached hydrogens (tertiary/aromatic N) is 5. The Bertz CT molecular complexity index is 1310. The highest BCUT2D eigenvalue weighted by atomic mass is 19.4. The van der Waals surface area contributed by atoms with Gasteiger partial charge in [0.25, 0.3) is 0 Å². The van der Waals surface area contributed by atoms with Crippen LogP contribution in [0.4, 0.5) is 29.5 Å². The van der Waals surface area contributed by atoms with E-state index in [0.717, 1.165) is 17.7 Å². The van der Waals surface area contributed by atoms with E-state index in [2.05, 4.69) is 20.4 Å². The number of anilines is 2. The van der Waals surface area contributed by atoms with Crippen molar-refractivity contribution < 1.29 is 22.7 Å². The first kappa shape index (κ1) is 25.3. The first-order valence-corrected chi connectivity index (χ1v) is 11.4. The van der Waals surface area contributed by atoms with Crippen molar-refractivity contribution in [2.24, 2.45) is 0 Å². The molecule has 0 bridgehead atoms. The zero-order chi connectivity index (χ0) is 26.3. The number of ether oxygens (including phenoxy) is 1. The largest absolute Gasteiger partial charge is 0.444 e. The van der Waals surface area contributed by atoms with Gasteiger partial charge in [-0.15, -0.1) is 5.10 Å². The molecule has 0 unspecified atom stereocenters. The average molecular weight is 504 g/mol. The maximum atomic E-state index is 13.2. The number of aromatic nitrogens is 4. The van der Waals surface area contributed by atoms with Crippen LogP contribution in [0.25, 0.3) is 11.2 Å². The van der Waals surface area contributed by atoms with Crippen molar-refractivity contribution in [2.45, 2.75) is 51.9 Å². The van der Waals surface area contributed by atoms with Crippen LogP contribution in [0.15, 0.2) is 36.7 Å². The molecule has 12 heteroatoms. The second-order valence-corrected chi connectivity index (χ2v) is 9.64. The highest BCUT2D eigenvalue weighted by molar-refractivity contribution is 5.72. The molecule has 1 amide bonds. The predicted molar refractivity (Wildman–Crippen MR) is 129 cm³/mol. The van der Waals surface area contributed by atoms with Crippen LogP contribution in [0.3, 0.4) is 0 Å². The summed E-state index contributed by atoms with van der Waals surface area (Å²) in [6.07, 6.45) is 0.723. The third-order valence-corrected chi connectivity index (χ3v) is 5.56. The summed E-state index contributed by atoms with van der Waals surface area (Å²) in [7, 11) is 0. The fourth-order valence-corrected chi connectivity index (χ4v) is 3.80. The van der Waals surface area contributed by atoms with E-state index >= 15 is 0 Å². The van der Waals surface area contributed by atoms with Crippen LogP contribution in [-0.4, -0.2) is 49.3 Å². The Morgan fingerprint density at radius 1 is 1.22 bits per heavy atom. The summed E-state index contributed by atoms with van der Waals surface area (Å²) < 4.78 is 46.6. The van der Waals surface area contributed by atoms with Crippen molar-refractivity contribution >= 4 is 28.8 Å². The van der Waals surface area contributed by atoms with Gasteiger partial charge in [0.1, 0.15) is 5.60 Å². The summed E-state index contributed by atoms with van der Waals surface area (Å²) in [4.78, 5) is 22.8. The Labute approximate surface area is 206 Å². The van der Waals surface area contributed by atoms with Gasteiger partial charge in [-0.05, 0) is 63.5 Å². The minimum absolute atomic E-state index is 0.0223. The molecule has 192 valence electrons. The van der Waals surface area contributed by atoms with Crippen LogP contribution in [0.5, 0.6) is 0 Å². The molecule has 0 fully saturated rings. The fraction of sp³-hybridized carbons (Fsp3) is 0.417. The molecule has 36 heavy (non-hydrogen) atoms. The van der Waals surface area contributed by atoms with Crippen molar-refractivity contribution in [1.82, 2.24) is 24.5 Å². The number of benzene rings is 1. The smallest absolute Gasteiger partial charge is 0.416 e. The lowest BCUT2D eigenvalue weighted by molar-refractivity contribution is -0.137. The molecule has 4 rings (SSSR count). The van der Waals surface area contributed by atoms with Gasteiger partial charge in [-0.25, -0.2) is 19.3 Å². The molecule has 0 saturated carbocycles. The summed E-state index contributed by atoms with van der Waals surface area (Å²) >= 11 is 0. The molecule has 1 aliphatic heterocycles. The molecule has 0 radical (unpaired) electrons. The van der Waals surface area contributed by atoms with Gasteiger partial charge < -0.3 is 20.7 Å². The molecule has 3 N–H and O–H groups in total. The monoisotopic (exact) mass is 503 g/mol. The van der Waals surface area contributed by atoms with E-state index in [0.29, 0.717) is 42.4 Å². The lowest BCUT2D eigenvalue weighted by Crippen LogP contribution is -2.39. The number of amides is 1. The minimum Gasteiger partial charge on any atom is -0.444 e. The normalized spacial score (nSPS) is 15.5. The number of hydrogen-bond acceptors (Lipinski definition) is 7. The van der Waals surface area contributed by atoms with Crippen LogP contribution in [0.2, 0.25) is 0 Å². The number of nitrogen functional groups attached to an aromatic ring is 1. The van der Waals surface area contributed by atoms with Gasteiger partial charge in [0.15, 0.2) is 17.3 Å². The summed E-state index contributed by atoms with van der Waals surface area (Å²) in [5.74, 6) is 0.859. The second kappa shape index (κ2) is 9.32. The lowest BCUT2D eigenvalue weighted by atomic mass is 10.0. The lowest BCUT2D eigenvalue weighted by Gasteiger charge is -2.29. The van der Waals surface area contributed by atoms with Gasteiger partial charge in [0.05, 0.1) is 11.6 Å². The Kier molecular flexibility index (Phi) is 6.54. The molecule has 9 nitrogen and oxygen atoms in total. The summed E-state index contributed by atoms with van der Waals surface area (Å²) in [6, 6.07) is 2.92. The number of carbonyl (C=O) groups excluding carboxylic acids is 1. The van der Waals surface area contributed by atoms with Gasteiger partial charge in [0, 0.05) is 31.2 Å². The molecule has 0 spiro atoms. The maximum Gasteiger partial charge on any atom is 0.416 e. The van der Waals surface area contributed by atoms with E-state index in [1.807, 2.05) is 26.8 Å². The molecular weight excluding hydrogens is 475 g/mol. The number of nitrogens with two attached hydrogens (primary N) is 1. The molecule has 0 aliphatic carbocycles. The van der Waals surface area contributed by atoms with E-state index in [4.69, 9.17) is 10.5 Å². The van der Waals surface area contributed by atoms with E-state index in [9.17, 15) is 18.0 Å². The summed E-state index contributed by atoms with van der Waals surface area (Å²) in [5.41, 5.74) is 6.02. The number of carbonyl (C=O) groups is 1. The maximum absolute atomic E-state index is 13.2. The third kappa shape index (κ3) is 5.69. The van der Waals surface area contributed by atoms with Crippen LogP contribution < -0.4 is 11.1 Å². The third-order valence-electron chi connectivity index (χ3n) is 5.56. The predicted octanol–water partition coefficient (Wildman–Crippen LogP) is 4.92. The quantitative estimate of drug-likeness (QED) is 0.486. The Morgan fingerprint density at radius 2 is 1.97 bits per heavy atom. The minimum atomic E-state index is -4.50. The van der Waals surface area contributed by atoms with Gasteiger partial charge >= 0.3 is 12.3 Å². The van der Waals surface area contributed by atoms with E-state index in [1.54, 1.807) is 22.5 Å². The molecule has 0 saturated heterocycles. The summed E-state index contributed by atoms with van der Waals surface area (Å²) in [6.45, 7) is 8.01. The number of nitrogens with one attached hydrogen (secondary N) is 1. The topological polar surface area (TPSA) is 111 Å². The van der Waals surface area contributed by atoms with Gasteiger partial charge in [-0.2, -0.15) is 13.2 Å². The standard InChI is InChI=1S/C24H28F3N7O2/c1-14(16-11-17(24(25,26)27)13-18(28)12-16)30-20-21-31-19(32-34(21)10-7-29-20)15-5-8-33(9-6-15)22(35)36-23(2,3)4/h5,7,10-14H,6,8-9,28H2,1-4H3,(H,29,30)/t14-/m0/s1. The molecular formula is C24H28F3N7O2. The molecule has 1 aromatic carbocycles. The SMILES string of the molecule is C[C@H](Nc1nccn2nc(C3=CCN(C(=O)OC(C)(C)C)CC3)nc12)c1cc(N)cc(C(F)(F)F)c1. The molecule has 1 aliphatic rings. The Morgan fingerprint density at radius 3 is 2.61 bits per heavy atom. The van der Waals surface area contributed by atoms with Crippen molar-refractivity contribution in [3.8, 4) is 0 Å². The van der Waals surface area contributed by atoms with E-state index in [-0.39, 0.29) is 11.8 Å². The molecule has 1 atom stereocenters. The van der Waals surface area contributed by atoms with Crippen molar-refractivity contribution in [1.29, 1.82) is 0 Å². The van der Waals surface area contributed by atoms with Crippen molar-refractivity contribution in [3.63, 3.8) is 0 Å². The summed E-state index contributed by atoms with van der Waals surface area (Å²) in [5, 5.41) is 7.64. The fourth-order valence-electron chi connectivity index (χ4n) is 3.80. The average Bonchev–Trinajstić information content (AvgIpc) is 3.22. The Balaban J connectivity index is 1.54. The first-order chi connectivity index (χ1) is 16.8. The highest BCUT2D eigenvalue weighted by Gasteiger charge is 2.31. The molecule has 3 aromatic rings. The Hall–Kier alpha value is -3.83. The first-order valence-electron chi connectivity index (χ1n) is 11.4. The van der Waals surface area contributed by atoms with Crippen molar-refractivity contribution in [2.75, 3.05) is 24.1 Å². The van der Waals surface area contributed by atoms with Crippen LogP contribution in [-0.2, 0) is 10.9 Å².